The molecule has 0 aromatic carbocycles. The predicted molar refractivity (Wildman–Crippen MR) is 111 cm³/mol. The van der Waals surface area contributed by atoms with Crippen molar-refractivity contribution >= 4 is 43.9 Å². The quantitative estimate of drug-likeness (QED) is 0.499. The Labute approximate surface area is 174 Å². The molecule has 4 rings (SSSR count). The van der Waals surface area contributed by atoms with E-state index in [4.69, 9.17) is 0 Å². The van der Waals surface area contributed by atoms with Crippen LogP contribution in [0.25, 0.3) is 4.83 Å². The SMILES string of the molecule is CC1NC=C(NC(=O)CNCC2CC2)C=C1NC(=O)c1cnn2cc(Br)sc12. The van der Waals surface area contributed by atoms with Crippen LogP contribution in [0.3, 0.4) is 0 Å². The van der Waals surface area contributed by atoms with E-state index in [-0.39, 0.29) is 24.4 Å². The lowest BCUT2D eigenvalue weighted by molar-refractivity contribution is -0.119. The predicted octanol–water partition coefficient (Wildman–Crippen LogP) is 1.72. The van der Waals surface area contributed by atoms with Gasteiger partial charge in [-0.3, -0.25) is 9.59 Å². The Bertz CT molecular complexity index is 974. The second-order valence-electron chi connectivity index (χ2n) is 7.01. The number of carbonyl (C=O) groups is 2. The Morgan fingerprint density at radius 2 is 2.21 bits per heavy atom. The van der Waals surface area contributed by atoms with Crippen LogP contribution in [0.15, 0.2) is 39.9 Å². The number of hydrogen-bond acceptors (Lipinski definition) is 6. The minimum atomic E-state index is -0.233. The lowest BCUT2D eigenvalue weighted by Crippen LogP contribution is -2.40. The van der Waals surface area contributed by atoms with Gasteiger partial charge in [-0.15, -0.1) is 11.3 Å². The summed E-state index contributed by atoms with van der Waals surface area (Å²) in [6.07, 6.45) is 9.39. The number of aromatic nitrogens is 2. The van der Waals surface area contributed by atoms with Crippen LogP contribution in [-0.2, 0) is 4.79 Å². The fraction of sp³-hybridized carbons (Fsp3) is 0.389. The number of nitrogens with one attached hydrogen (secondary N) is 4. The summed E-state index contributed by atoms with van der Waals surface area (Å²) in [7, 11) is 0. The summed E-state index contributed by atoms with van der Waals surface area (Å²) in [5.74, 6) is 0.389. The topological polar surface area (TPSA) is 99.6 Å². The molecule has 2 amide bonds. The van der Waals surface area contributed by atoms with Gasteiger partial charge < -0.3 is 21.3 Å². The van der Waals surface area contributed by atoms with E-state index in [1.807, 2.05) is 13.1 Å². The normalized spacial score (nSPS) is 19.0. The van der Waals surface area contributed by atoms with Gasteiger partial charge in [0, 0.05) is 11.9 Å². The number of fused-ring (bicyclic) bond motifs is 1. The number of amides is 2. The van der Waals surface area contributed by atoms with Crippen molar-refractivity contribution in [2.24, 2.45) is 5.92 Å². The number of carbonyl (C=O) groups excluding carboxylic acids is 2. The summed E-state index contributed by atoms with van der Waals surface area (Å²) >= 11 is 4.85. The maximum atomic E-state index is 12.7. The molecule has 2 aliphatic rings. The van der Waals surface area contributed by atoms with E-state index in [0.717, 1.165) is 21.1 Å². The third kappa shape index (κ3) is 4.45. The first-order valence-electron chi connectivity index (χ1n) is 9.12. The summed E-state index contributed by atoms with van der Waals surface area (Å²) in [5.41, 5.74) is 1.81. The van der Waals surface area contributed by atoms with Crippen LogP contribution >= 0.6 is 27.3 Å². The number of hydrogen-bond donors (Lipinski definition) is 4. The molecular weight excluding hydrogens is 444 g/mol. The highest BCUT2D eigenvalue weighted by atomic mass is 79.9. The summed E-state index contributed by atoms with van der Waals surface area (Å²) in [6, 6.07) is -0.0845. The van der Waals surface area contributed by atoms with Gasteiger partial charge in [0.1, 0.15) is 4.83 Å². The third-order valence-corrected chi connectivity index (χ3v) is 6.23. The lowest BCUT2D eigenvalue weighted by atomic mass is 10.1. The average molecular weight is 465 g/mol. The lowest BCUT2D eigenvalue weighted by Gasteiger charge is -2.23. The van der Waals surface area contributed by atoms with Crippen LogP contribution < -0.4 is 21.3 Å². The average Bonchev–Trinajstić information content (AvgIpc) is 3.28. The number of nitrogens with zero attached hydrogens (tertiary/aromatic N) is 2. The highest BCUT2D eigenvalue weighted by molar-refractivity contribution is 9.11. The molecule has 4 N–H and O–H groups in total. The molecule has 0 radical (unpaired) electrons. The van der Waals surface area contributed by atoms with Gasteiger partial charge in [-0.1, -0.05) is 0 Å². The Morgan fingerprint density at radius 1 is 1.39 bits per heavy atom. The molecule has 1 aliphatic heterocycles. The van der Waals surface area contributed by atoms with Crippen molar-refractivity contribution in [2.45, 2.75) is 25.8 Å². The first-order valence-corrected chi connectivity index (χ1v) is 10.7. The molecular formula is C18H21BrN6O2S. The first kappa shape index (κ1) is 19.2. The van der Waals surface area contributed by atoms with E-state index in [2.05, 4.69) is 42.3 Å². The van der Waals surface area contributed by atoms with Crippen molar-refractivity contribution in [1.29, 1.82) is 0 Å². The summed E-state index contributed by atoms with van der Waals surface area (Å²) < 4.78 is 2.57. The van der Waals surface area contributed by atoms with E-state index >= 15 is 0 Å². The highest BCUT2D eigenvalue weighted by Gasteiger charge is 2.22. The molecule has 1 atom stereocenters. The van der Waals surface area contributed by atoms with Crippen molar-refractivity contribution < 1.29 is 9.59 Å². The Kier molecular flexibility index (Phi) is 5.51. The zero-order valence-electron chi connectivity index (χ0n) is 15.3. The minimum absolute atomic E-state index is 0.0845. The molecule has 0 bridgehead atoms. The van der Waals surface area contributed by atoms with Gasteiger partial charge >= 0.3 is 0 Å². The minimum Gasteiger partial charge on any atom is -0.381 e. The second kappa shape index (κ2) is 8.06. The fourth-order valence-corrected chi connectivity index (χ4v) is 4.33. The third-order valence-electron chi connectivity index (χ3n) is 4.64. The molecule has 3 heterocycles. The van der Waals surface area contributed by atoms with Crippen molar-refractivity contribution in [3.05, 3.63) is 45.4 Å². The van der Waals surface area contributed by atoms with E-state index in [1.165, 1.54) is 24.2 Å². The van der Waals surface area contributed by atoms with Crippen LogP contribution in [0.5, 0.6) is 0 Å². The molecule has 2 aromatic rings. The molecule has 10 heteroatoms. The zero-order valence-corrected chi connectivity index (χ0v) is 17.7. The molecule has 0 saturated heterocycles. The van der Waals surface area contributed by atoms with Gasteiger partial charge in [-0.05, 0) is 54.2 Å². The highest BCUT2D eigenvalue weighted by Crippen LogP contribution is 2.27. The van der Waals surface area contributed by atoms with Crippen LogP contribution in [-0.4, -0.2) is 40.6 Å². The molecule has 1 saturated carbocycles. The molecule has 1 aliphatic carbocycles. The Balaban J connectivity index is 1.38. The standard InChI is InChI=1S/C18H21BrN6O2S/c1-10-14(24-17(27)13-7-22-25-9-15(19)28-18(13)25)4-12(6-21-10)23-16(26)8-20-5-11-2-3-11/h4,6-7,9-11,20-21H,2-3,5,8H2,1H3,(H,23,26)(H,24,27). The number of dihydropyridines is 1. The molecule has 0 spiro atoms. The van der Waals surface area contributed by atoms with E-state index < -0.39 is 0 Å². The largest absolute Gasteiger partial charge is 0.381 e. The van der Waals surface area contributed by atoms with Gasteiger partial charge in [0.2, 0.25) is 5.91 Å². The maximum Gasteiger partial charge on any atom is 0.260 e. The molecule has 1 fully saturated rings. The van der Waals surface area contributed by atoms with Gasteiger partial charge in [0.05, 0.1) is 40.0 Å². The van der Waals surface area contributed by atoms with Crippen LogP contribution in [0.2, 0.25) is 0 Å². The second-order valence-corrected chi connectivity index (χ2v) is 9.42. The van der Waals surface area contributed by atoms with Crippen LogP contribution in [0.1, 0.15) is 30.1 Å². The van der Waals surface area contributed by atoms with Gasteiger partial charge in [0.15, 0.2) is 0 Å². The van der Waals surface area contributed by atoms with Crippen molar-refractivity contribution in [2.75, 3.05) is 13.1 Å². The van der Waals surface area contributed by atoms with E-state index in [1.54, 1.807) is 23.0 Å². The molecule has 2 aromatic heterocycles. The van der Waals surface area contributed by atoms with Crippen molar-refractivity contribution in [1.82, 2.24) is 30.9 Å². The summed E-state index contributed by atoms with van der Waals surface area (Å²) in [6.45, 7) is 3.10. The number of halogens is 1. The van der Waals surface area contributed by atoms with Gasteiger partial charge in [0.25, 0.3) is 5.91 Å². The summed E-state index contributed by atoms with van der Waals surface area (Å²) in [4.78, 5) is 25.6. The number of allylic oxidation sites excluding steroid dienone is 1. The molecule has 1 unspecified atom stereocenters. The van der Waals surface area contributed by atoms with E-state index in [9.17, 15) is 9.59 Å². The van der Waals surface area contributed by atoms with Crippen molar-refractivity contribution in [3.8, 4) is 0 Å². The van der Waals surface area contributed by atoms with Gasteiger partial charge in [-0.2, -0.15) is 5.10 Å². The maximum absolute atomic E-state index is 12.7. The van der Waals surface area contributed by atoms with Crippen LogP contribution in [0, 0.1) is 5.92 Å². The first-order chi connectivity index (χ1) is 13.5. The Morgan fingerprint density at radius 3 is 3.00 bits per heavy atom. The smallest absolute Gasteiger partial charge is 0.260 e. The monoisotopic (exact) mass is 464 g/mol. The Hall–Kier alpha value is -2.17. The van der Waals surface area contributed by atoms with E-state index in [0.29, 0.717) is 17.0 Å². The van der Waals surface area contributed by atoms with Gasteiger partial charge in [-0.25, -0.2) is 4.52 Å². The summed E-state index contributed by atoms with van der Waals surface area (Å²) in [5, 5.41) is 16.3. The number of rotatable bonds is 7. The number of thiazole rings is 1. The van der Waals surface area contributed by atoms with Crippen molar-refractivity contribution in [3.63, 3.8) is 0 Å². The fourth-order valence-electron chi connectivity index (χ4n) is 2.89. The molecule has 8 nitrogen and oxygen atoms in total. The molecule has 28 heavy (non-hydrogen) atoms. The van der Waals surface area contributed by atoms with Crippen LogP contribution in [0.4, 0.5) is 0 Å². The molecule has 148 valence electrons. The zero-order chi connectivity index (χ0) is 19.7.